The minimum Gasteiger partial charge on any atom is -0.271 e. The summed E-state index contributed by atoms with van der Waals surface area (Å²) in [6.07, 6.45) is 10.7. The van der Waals surface area contributed by atoms with Gasteiger partial charge in [-0.3, -0.25) is 10.8 Å². The molecule has 0 spiro atoms. The van der Waals surface area contributed by atoms with Crippen LogP contribution < -0.4 is 11.3 Å². The molecular weight excluding hydrogens is 217 g/mol. The van der Waals surface area contributed by atoms with Crippen molar-refractivity contribution in [3.8, 4) is 0 Å². The van der Waals surface area contributed by atoms with E-state index in [1.165, 1.54) is 24.6 Å². The third-order valence-corrected chi connectivity index (χ3v) is 3.23. The van der Waals surface area contributed by atoms with Gasteiger partial charge in [0.05, 0.1) is 12.2 Å². The smallest absolute Gasteiger partial charge is 0.146 e. The van der Waals surface area contributed by atoms with Gasteiger partial charge in [0, 0.05) is 11.8 Å². The molecule has 0 aromatic carbocycles. The van der Waals surface area contributed by atoms with Gasteiger partial charge in [0.15, 0.2) is 0 Å². The number of halogens is 1. The highest BCUT2D eigenvalue weighted by Crippen LogP contribution is 2.29. The number of nitrogens with zero attached hydrogens (tertiary/aromatic N) is 1. The highest BCUT2D eigenvalue weighted by atomic mass is 19.1. The van der Waals surface area contributed by atoms with Crippen LogP contribution in [-0.4, -0.2) is 4.98 Å². The molecule has 1 atom stereocenters. The summed E-state index contributed by atoms with van der Waals surface area (Å²) in [6.45, 7) is 0. The van der Waals surface area contributed by atoms with Crippen LogP contribution in [0.4, 0.5) is 4.39 Å². The Morgan fingerprint density at radius 1 is 1.35 bits per heavy atom. The fourth-order valence-electron chi connectivity index (χ4n) is 2.32. The van der Waals surface area contributed by atoms with Crippen molar-refractivity contribution in [1.82, 2.24) is 10.4 Å². The van der Waals surface area contributed by atoms with Crippen molar-refractivity contribution in [3.05, 3.63) is 41.5 Å². The Morgan fingerprint density at radius 3 is 3.00 bits per heavy atom. The molecule has 2 rings (SSSR count). The molecule has 1 heterocycles. The van der Waals surface area contributed by atoms with Gasteiger partial charge in [-0.2, -0.15) is 0 Å². The lowest BCUT2D eigenvalue weighted by Crippen LogP contribution is -2.30. The molecule has 0 fully saturated rings. The highest BCUT2D eigenvalue weighted by Gasteiger charge is 2.19. The lowest BCUT2D eigenvalue weighted by atomic mass is 9.96. The zero-order chi connectivity index (χ0) is 12.1. The second kappa shape index (κ2) is 5.89. The van der Waals surface area contributed by atoms with E-state index < -0.39 is 0 Å². The van der Waals surface area contributed by atoms with E-state index in [4.69, 9.17) is 5.84 Å². The number of nitrogens with two attached hydrogens (primary N) is 1. The summed E-state index contributed by atoms with van der Waals surface area (Å²) < 4.78 is 13.7. The molecule has 3 nitrogen and oxygen atoms in total. The van der Waals surface area contributed by atoms with Crippen molar-refractivity contribution in [3.63, 3.8) is 0 Å². The minimum atomic E-state index is -0.305. The molecule has 92 valence electrons. The molecule has 0 aliphatic heterocycles. The molecule has 3 N–H and O–H groups in total. The Hall–Kier alpha value is -1.26. The third kappa shape index (κ3) is 2.90. The Morgan fingerprint density at radius 2 is 2.24 bits per heavy atom. The van der Waals surface area contributed by atoms with Crippen LogP contribution in [0.1, 0.15) is 43.7 Å². The van der Waals surface area contributed by atoms with E-state index in [1.807, 2.05) is 0 Å². The quantitative estimate of drug-likeness (QED) is 0.481. The topological polar surface area (TPSA) is 50.9 Å². The third-order valence-electron chi connectivity index (χ3n) is 3.23. The molecule has 1 aromatic heterocycles. The van der Waals surface area contributed by atoms with Crippen LogP contribution in [0.3, 0.4) is 0 Å². The summed E-state index contributed by atoms with van der Waals surface area (Å²) in [5.74, 6) is 5.27. The molecule has 1 aromatic rings. The van der Waals surface area contributed by atoms with E-state index >= 15 is 0 Å². The average molecular weight is 235 g/mol. The number of nitrogens with one attached hydrogen (secondary N) is 1. The van der Waals surface area contributed by atoms with Crippen LogP contribution in [0.15, 0.2) is 30.1 Å². The molecule has 1 aliphatic rings. The van der Waals surface area contributed by atoms with Gasteiger partial charge in [-0.15, -0.1) is 0 Å². The number of rotatable bonds is 3. The molecule has 17 heavy (non-hydrogen) atoms. The molecule has 0 amide bonds. The Labute approximate surface area is 101 Å². The first kappa shape index (κ1) is 12.2. The summed E-state index contributed by atoms with van der Waals surface area (Å²) in [5, 5.41) is 0. The average Bonchev–Trinajstić information content (AvgIpc) is 2.62. The standard InChI is InChI=1S/C13H18FN3/c14-12-9-16-8-7-11(12)13(17-15)10-5-3-1-2-4-6-10/h5,7-9,13,17H,1-4,6,15H2. The van der Waals surface area contributed by atoms with E-state index in [1.54, 1.807) is 12.3 Å². The highest BCUT2D eigenvalue weighted by molar-refractivity contribution is 5.27. The van der Waals surface area contributed by atoms with E-state index in [9.17, 15) is 4.39 Å². The summed E-state index contributed by atoms with van der Waals surface area (Å²) in [5.41, 5.74) is 4.49. The van der Waals surface area contributed by atoms with Crippen molar-refractivity contribution in [2.75, 3.05) is 0 Å². The van der Waals surface area contributed by atoms with Gasteiger partial charge in [0.1, 0.15) is 5.82 Å². The van der Waals surface area contributed by atoms with Crippen molar-refractivity contribution in [2.24, 2.45) is 5.84 Å². The van der Waals surface area contributed by atoms with Crippen LogP contribution in [0, 0.1) is 5.82 Å². The zero-order valence-electron chi connectivity index (χ0n) is 9.82. The van der Waals surface area contributed by atoms with Crippen LogP contribution in [0.5, 0.6) is 0 Å². The first-order valence-corrected chi connectivity index (χ1v) is 6.07. The molecular formula is C13H18FN3. The summed E-state index contributed by atoms with van der Waals surface area (Å²) in [4.78, 5) is 3.76. The van der Waals surface area contributed by atoms with Crippen LogP contribution in [-0.2, 0) is 0 Å². The number of hydrazine groups is 1. The lowest BCUT2D eigenvalue weighted by Gasteiger charge is -2.20. The fourth-order valence-corrected chi connectivity index (χ4v) is 2.32. The maximum absolute atomic E-state index is 13.7. The number of pyridine rings is 1. The van der Waals surface area contributed by atoms with Crippen molar-refractivity contribution in [1.29, 1.82) is 0 Å². The Bertz CT molecular complexity index is 403. The molecule has 0 radical (unpaired) electrons. The molecule has 1 unspecified atom stereocenters. The SMILES string of the molecule is NNC(C1=CCCCCC1)c1ccncc1F. The molecule has 0 saturated heterocycles. The summed E-state index contributed by atoms with van der Waals surface area (Å²) >= 11 is 0. The van der Waals surface area contributed by atoms with Crippen molar-refractivity contribution in [2.45, 2.75) is 38.1 Å². The predicted octanol–water partition coefficient (Wildman–Crippen LogP) is 2.62. The molecule has 0 bridgehead atoms. The number of hydrogen-bond acceptors (Lipinski definition) is 3. The van der Waals surface area contributed by atoms with Crippen LogP contribution in [0.2, 0.25) is 0 Å². The van der Waals surface area contributed by atoms with Gasteiger partial charge in [0.2, 0.25) is 0 Å². The number of hydrogen-bond donors (Lipinski definition) is 2. The van der Waals surface area contributed by atoms with E-state index in [0.717, 1.165) is 19.3 Å². The van der Waals surface area contributed by atoms with E-state index in [-0.39, 0.29) is 11.9 Å². The largest absolute Gasteiger partial charge is 0.271 e. The van der Waals surface area contributed by atoms with Gasteiger partial charge in [-0.25, -0.2) is 9.82 Å². The van der Waals surface area contributed by atoms with Crippen LogP contribution in [0.25, 0.3) is 0 Å². The first-order valence-electron chi connectivity index (χ1n) is 6.07. The second-order valence-corrected chi connectivity index (χ2v) is 4.38. The predicted molar refractivity (Wildman–Crippen MR) is 65.4 cm³/mol. The Kier molecular flexibility index (Phi) is 4.23. The molecule has 4 heteroatoms. The maximum Gasteiger partial charge on any atom is 0.146 e. The first-order chi connectivity index (χ1) is 8.33. The fraction of sp³-hybridized carbons (Fsp3) is 0.462. The Balaban J connectivity index is 2.26. The van der Waals surface area contributed by atoms with Gasteiger partial charge >= 0.3 is 0 Å². The second-order valence-electron chi connectivity index (χ2n) is 4.38. The summed E-state index contributed by atoms with van der Waals surface area (Å²) in [6, 6.07) is 1.46. The number of aromatic nitrogens is 1. The van der Waals surface area contributed by atoms with Crippen LogP contribution >= 0.6 is 0 Å². The normalized spacial score (nSPS) is 18.4. The van der Waals surface area contributed by atoms with Crippen molar-refractivity contribution >= 4 is 0 Å². The minimum absolute atomic E-state index is 0.226. The van der Waals surface area contributed by atoms with E-state index in [0.29, 0.717) is 5.56 Å². The van der Waals surface area contributed by atoms with Gasteiger partial charge in [-0.05, 0) is 31.7 Å². The maximum atomic E-state index is 13.7. The van der Waals surface area contributed by atoms with Gasteiger partial charge < -0.3 is 0 Å². The monoisotopic (exact) mass is 235 g/mol. The van der Waals surface area contributed by atoms with Gasteiger partial charge in [-0.1, -0.05) is 18.1 Å². The molecule has 1 aliphatic carbocycles. The van der Waals surface area contributed by atoms with E-state index in [2.05, 4.69) is 16.5 Å². The molecule has 0 saturated carbocycles. The van der Waals surface area contributed by atoms with Gasteiger partial charge in [0.25, 0.3) is 0 Å². The zero-order valence-corrected chi connectivity index (χ0v) is 9.82. The lowest BCUT2D eigenvalue weighted by molar-refractivity contribution is 0.538. The summed E-state index contributed by atoms with van der Waals surface area (Å²) in [7, 11) is 0. The number of allylic oxidation sites excluding steroid dienone is 1. The van der Waals surface area contributed by atoms with Crippen molar-refractivity contribution < 1.29 is 4.39 Å².